The number of carbonyl (C=O) groups is 1. The first-order valence-electron chi connectivity index (χ1n) is 21.9. The van der Waals surface area contributed by atoms with Gasteiger partial charge in [-0.2, -0.15) is 4.98 Å². The van der Waals surface area contributed by atoms with Crippen molar-refractivity contribution in [2.24, 2.45) is 0 Å². The van der Waals surface area contributed by atoms with Crippen LogP contribution in [0.2, 0.25) is 51.4 Å². The van der Waals surface area contributed by atoms with Crippen LogP contribution in [0, 0.1) is 0 Å². The van der Waals surface area contributed by atoms with E-state index in [0.29, 0.717) is 31.1 Å². The molecule has 1 amide bonds. The Labute approximate surface area is 377 Å². The third kappa shape index (κ3) is 13.8. The fourth-order valence-corrected chi connectivity index (χ4v) is 10.7. The van der Waals surface area contributed by atoms with Crippen LogP contribution in [0.25, 0.3) is 0 Å². The Bertz CT molecular complexity index is 2040. The highest BCUT2D eigenvalue weighted by molar-refractivity contribution is 7.44. The van der Waals surface area contributed by atoms with E-state index in [1.165, 1.54) is 4.57 Å². The van der Waals surface area contributed by atoms with Crippen molar-refractivity contribution in [3.8, 4) is 11.5 Å². The molecule has 1 aliphatic heterocycles. The molecular weight excluding hydrogens is 852 g/mol. The summed E-state index contributed by atoms with van der Waals surface area (Å²) in [6.07, 6.45) is -0.738. The fraction of sp³-hybridized carbons (Fsp3) is 0.511. The Morgan fingerprint density at radius 3 is 1.87 bits per heavy atom. The molecule has 344 valence electrons. The standard InChI is InChI=1S/C47H69N4O9PSi2/c1-34(2)51(35(3)4)61(58-29-31-63(10,11)12)60-41-32-44(50-27-26-43(48-45(50)52)49-46(53)56-28-30-62(7,8)9)59-42(41)33-57-47(36-16-14-13-15-17-36,37-18-22-39(54-5)23-19-37)38-20-24-40(55-6)25-21-38/h13-27,34-35,41-42,44H,28-33H2,1-12H3,(H,48,49,52,53)/t41-,42+,44+,61?/m0/s1. The molecule has 1 aliphatic rings. The molecule has 16 heteroatoms. The third-order valence-electron chi connectivity index (χ3n) is 10.8. The Kier molecular flexibility index (Phi) is 17.7. The largest absolute Gasteiger partial charge is 0.497 e. The lowest BCUT2D eigenvalue weighted by Crippen LogP contribution is -2.39. The normalized spacial score (nSPS) is 17.6. The maximum atomic E-state index is 13.8. The molecule has 0 saturated carbocycles. The Balaban J connectivity index is 1.54. The zero-order valence-electron chi connectivity index (χ0n) is 39.3. The maximum absolute atomic E-state index is 13.8. The summed E-state index contributed by atoms with van der Waals surface area (Å²) in [5, 5.41) is 2.60. The molecule has 1 saturated heterocycles. The Hall–Kier alpha value is -3.93. The molecule has 2 heterocycles. The first-order chi connectivity index (χ1) is 29.8. The van der Waals surface area contributed by atoms with Gasteiger partial charge in [0.25, 0.3) is 8.53 Å². The second kappa shape index (κ2) is 22.3. The van der Waals surface area contributed by atoms with Gasteiger partial charge in [0, 0.05) is 40.8 Å². The lowest BCUT2D eigenvalue weighted by Gasteiger charge is -2.39. The van der Waals surface area contributed by atoms with E-state index in [2.05, 4.69) is 94.1 Å². The summed E-state index contributed by atoms with van der Waals surface area (Å²) in [4.78, 5) is 30.6. The van der Waals surface area contributed by atoms with Crippen LogP contribution in [0.5, 0.6) is 11.5 Å². The number of anilines is 1. The van der Waals surface area contributed by atoms with Crippen LogP contribution in [0.3, 0.4) is 0 Å². The first-order valence-corrected chi connectivity index (χ1v) is 30.4. The number of nitrogens with one attached hydrogen (secondary N) is 1. The predicted molar refractivity (Wildman–Crippen MR) is 256 cm³/mol. The summed E-state index contributed by atoms with van der Waals surface area (Å²) in [7, 11) is -1.11. The second-order valence-corrected chi connectivity index (χ2v) is 31.5. The van der Waals surface area contributed by atoms with Crippen LogP contribution in [-0.2, 0) is 28.9 Å². The minimum Gasteiger partial charge on any atom is -0.497 e. The molecule has 13 nitrogen and oxygen atoms in total. The highest BCUT2D eigenvalue weighted by Gasteiger charge is 2.45. The van der Waals surface area contributed by atoms with Crippen molar-refractivity contribution in [3.05, 3.63) is 118 Å². The van der Waals surface area contributed by atoms with E-state index in [1.807, 2.05) is 66.7 Å². The fourth-order valence-electron chi connectivity index (χ4n) is 7.38. The quantitative estimate of drug-likeness (QED) is 0.0459. The van der Waals surface area contributed by atoms with Gasteiger partial charge in [0.1, 0.15) is 35.2 Å². The van der Waals surface area contributed by atoms with Crippen LogP contribution in [0.4, 0.5) is 10.6 Å². The Morgan fingerprint density at radius 2 is 1.37 bits per heavy atom. The zero-order chi connectivity index (χ0) is 46.0. The highest BCUT2D eigenvalue weighted by atomic mass is 31.2. The molecule has 4 aromatic rings. The van der Waals surface area contributed by atoms with E-state index in [9.17, 15) is 9.59 Å². The summed E-state index contributed by atoms with van der Waals surface area (Å²) in [5.74, 6) is 1.52. The topological polar surface area (TPSA) is 132 Å². The van der Waals surface area contributed by atoms with Crippen molar-refractivity contribution in [3.63, 3.8) is 0 Å². The zero-order valence-corrected chi connectivity index (χ0v) is 42.1. The lowest BCUT2D eigenvalue weighted by molar-refractivity contribution is -0.0925. The lowest BCUT2D eigenvalue weighted by atomic mass is 9.80. The van der Waals surface area contributed by atoms with E-state index in [4.69, 9.17) is 32.7 Å². The molecule has 1 fully saturated rings. The number of hydrogen-bond acceptors (Lipinski definition) is 11. The van der Waals surface area contributed by atoms with Crippen LogP contribution in [0.15, 0.2) is 95.9 Å². The summed E-state index contributed by atoms with van der Waals surface area (Å²) in [6.45, 7) is 23.2. The minimum atomic E-state index is -1.57. The van der Waals surface area contributed by atoms with Gasteiger partial charge >= 0.3 is 11.8 Å². The van der Waals surface area contributed by atoms with Gasteiger partial charge in [-0.25, -0.2) is 14.3 Å². The van der Waals surface area contributed by atoms with Gasteiger partial charge < -0.3 is 32.7 Å². The molecule has 3 aromatic carbocycles. The van der Waals surface area contributed by atoms with Crippen LogP contribution >= 0.6 is 8.53 Å². The van der Waals surface area contributed by atoms with Crippen LogP contribution < -0.4 is 20.5 Å². The summed E-state index contributed by atoms with van der Waals surface area (Å²) >= 11 is 0. The molecule has 1 N–H and O–H groups in total. The number of carbonyl (C=O) groups excluding carboxylic acids is 1. The molecule has 0 radical (unpaired) electrons. The van der Waals surface area contributed by atoms with E-state index in [0.717, 1.165) is 28.8 Å². The molecule has 0 aliphatic carbocycles. The van der Waals surface area contributed by atoms with Crippen molar-refractivity contribution in [2.45, 2.75) is 122 Å². The van der Waals surface area contributed by atoms with Crippen molar-refractivity contribution >= 4 is 36.6 Å². The highest BCUT2D eigenvalue weighted by Crippen LogP contribution is 2.51. The number of ether oxygens (including phenoxy) is 5. The SMILES string of the molecule is COc1ccc(C(OC[C@H]2O[C@@H](n3ccc(NC(=O)OCC[Si](C)(C)C)nc3=O)C[C@@H]2OP(OCC[Si](C)(C)C)N(C(C)C)C(C)C)(c2ccccc2)c2ccc(OC)cc2)cc1. The summed E-state index contributed by atoms with van der Waals surface area (Å²) in [6, 6.07) is 29.5. The third-order valence-corrected chi connectivity index (χ3v) is 16.4. The number of aromatic nitrogens is 2. The molecule has 0 bridgehead atoms. The number of rotatable bonds is 22. The van der Waals surface area contributed by atoms with Gasteiger partial charge in [0.2, 0.25) is 0 Å². The predicted octanol–water partition coefficient (Wildman–Crippen LogP) is 10.5. The van der Waals surface area contributed by atoms with Gasteiger partial charge in [0.15, 0.2) is 0 Å². The minimum absolute atomic E-state index is 0.0701. The van der Waals surface area contributed by atoms with E-state index in [1.54, 1.807) is 26.5 Å². The van der Waals surface area contributed by atoms with E-state index < -0.39 is 60.5 Å². The van der Waals surface area contributed by atoms with Gasteiger partial charge in [-0.1, -0.05) is 93.9 Å². The van der Waals surface area contributed by atoms with Gasteiger partial charge in [-0.15, -0.1) is 0 Å². The first kappa shape index (κ1) is 50.1. The van der Waals surface area contributed by atoms with Crippen molar-refractivity contribution in [1.29, 1.82) is 0 Å². The molecule has 63 heavy (non-hydrogen) atoms. The molecular formula is C47H69N4O9PSi2. The summed E-state index contributed by atoms with van der Waals surface area (Å²) in [5.41, 5.74) is 0.933. The number of benzene rings is 3. The van der Waals surface area contributed by atoms with Crippen molar-refractivity contribution in [1.82, 2.24) is 14.2 Å². The average molecular weight is 921 g/mol. The van der Waals surface area contributed by atoms with Gasteiger partial charge in [-0.3, -0.25) is 9.88 Å². The summed E-state index contributed by atoms with van der Waals surface area (Å²) < 4.78 is 48.3. The molecule has 4 atom stereocenters. The number of hydrogen-bond donors (Lipinski definition) is 1. The van der Waals surface area contributed by atoms with Crippen LogP contribution in [0.1, 0.15) is 57.0 Å². The van der Waals surface area contributed by atoms with Gasteiger partial charge in [-0.05, 0) is 86.8 Å². The maximum Gasteiger partial charge on any atom is 0.412 e. The monoisotopic (exact) mass is 920 g/mol. The molecule has 1 aromatic heterocycles. The number of amides is 1. The molecule has 5 rings (SSSR count). The van der Waals surface area contributed by atoms with Gasteiger partial charge in [0.05, 0.1) is 40.1 Å². The number of methoxy groups -OCH3 is 2. The van der Waals surface area contributed by atoms with Crippen molar-refractivity contribution in [2.75, 3.05) is 39.4 Å². The number of nitrogens with zero attached hydrogens (tertiary/aromatic N) is 3. The molecule has 1 unspecified atom stereocenters. The molecule has 0 spiro atoms. The average Bonchev–Trinajstić information content (AvgIpc) is 3.62. The Morgan fingerprint density at radius 1 is 0.825 bits per heavy atom. The second-order valence-electron chi connectivity index (χ2n) is 18.8. The van der Waals surface area contributed by atoms with Crippen molar-refractivity contribution < 1.29 is 37.5 Å². The van der Waals surface area contributed by atoms with Crippen LogP contribution in [-0.4, -0.2) is 94.8 Å². The van der Waals surface area contributed by atoms with E-state index >= 15 is 0 Å². The van der Waals surface area contributed by atoms with E-state index in [-0.39, 0.29) is 24.5 Å². The smallest absolute Gasteiger partial charge is 0.412 e.